The second-order valence-corrected chi connectivity index (χ2v) is 5.70. The van der Waals surface area contributed by atoms with Crippen molar-refractivity contribution in [2.24, 2.45) is 0 Å². The summed E-state index contributed by atoms with van der Waals surface area (Å²) in [7, 11) is 0. The van der Waals surface area contributed by atoms with Gasteiger partial charge in [0.05, 0.1) is 0 Å². The van der Waals surface area contributed by atoms with Gasteiger partial charge in [-0.1, -0.05) is 11.6 Å². The molecule has 0 fully saturated rings. The van der Waals surface area contributed by atoms with E-state index in [2.05, 4.69) is 0 Å². The van der Waals surface area contributed by atoms with Gasteiger partial charge in [-0.05, 0) is 37.5 Å². The molecular formula is C14H10Cl2O2. The molecule has 18 heavy (non-hydrogen) atoms. The average molecular weight is 281 g/mol. The lowest BCUT2D eigenvalue weighted by atomic mass is 9.77. The molecule has 2 nitrogen and oxygen atoms in total. The molecule has 0 amide bonds. The van der Waals surface area contributed by atoms with Crippen LogP contribution >= 0.6 is 23.2 Å². The molecular weight excluding hydrogens is 271 g/mol. The topological polar surface area (TPSA) is 34.1 Å². The molecule has 92 valence electrons. The molecule has 1 aromatic rings. The summed E-state index contributed by atoms with van der Waals surface area (Å²) in [6.45, 7) is 0. The van der Waals surface area contributed by atoms with E-state index >= 15 is 0 Å². The molecule has 1 aromatic carbocycles. The minimum absolute atomic E-state index is 0.0469. The zero-order valence-electron chi connectivity index (χ0n) is 9.50. The minimum atomic E-state index is -0.0679. The second kappa shape index (κ2) is 4.22. The summed E-state index contributed by atoms with van der Waals surface area (Å²) in [6.07, 6.45) is 1.82. The van der Waals surface area contributed by atoms with E-state index in [1.165, 1.54) is 0 Å². The van der Waals surface area contributed by atoms with Crippen LogP contribution in [0.15, 0.2) is 29.3 Å². The molecule has 4 heteroatoms. The van der Waals surface area contributed by atoms with Gasteiger partial charge in [0.15, 0.2) is 11.6 Å². The van der Waals surface area contributed by atoms with E-state index in [4.69, 9.17) is 23.2 Å². The van der Waals surface area contributed by atoms with Crippen LogP contribution in [0.25, 0.3) is 0 Å². The molecule has 0 saturated carbocycles. The number of Topliss-reactive ketones (excluding diaryl/α,β-unsaturated/α-hetero) is 2. The minimum Gasteiger partial charge on any atom is -0.289 e. The lowest BCUT2D eigenvalue weighted by molar-refractivity contribution is 0.0965. The van der Waals surface area contributed by atoms with E-state index in [0.717, 1.165) is 6.42 Å². The van der Waals surface area contributed by atoms with Crippen LogP contribution in [0.4, 0.5) is 0 Å². The van der Waals surface area contributed by atoms with Gasteiger partial charge in [-0.25, -0.2) is 0 Å². The van der Waals surface area contributed by atoms with Crippen molar-refractivity contribution in [2.75, 3.05) is 0 Å². The van der Waals surface area contributed by atoms with E-state index in [1.807, 2.05) is 0 Å². The summed E-state index contributed by atoms with van der Waals surface area (Å²) in [5, 5.41) is 0.430. The van der Waals surface area contributed by atoms with Crippen molar-refractivity contribution in [2.45, 2.75) is 24.6 Å². The summed E-state index contributed by atoms with van der Waals surface area (Å²) in [5.74, 6) is -0.132. The van der Waals surface area contributed by atoms with Crippen LogP contribution in [-0.2, 0) is 0 Å². The number of allylic oxidation sites excluding steroid dienone is 2. The first kappa shape index (κ1) is 11.9. The smallest absolute Gasteiger partial charge is 0.190 e. The highest BCUT2D eigenvalue weighted by Crippen LogP contribution is 2.37. The number of carbonyl (C=O) groups excluding carboxylic acids is 2. The van der Waals surface area contributed by atoms with Crippen molar-refractivity contribution in [3.63, 3.8) is 0 Å². The number of carbonyl (C=O) groups is 2. The number of rotatable bonds is 0. The first-order valence-corrected chi connectivity index (χ1v) is 6.64. The van der Waals surface area contributed by atoms with Gasteiger partial charge >= 0.3 is 0 Å². The third-order valence-electron chi connectivity index (χ3n) is 3.52. The highest BCUT2D eigenvalue weighted by molar-refractivity contribution is 6.33. The van der Waals surface area contributed by atoms with Gasteiger partial charge < -0.3 is 0 Å². The number of ketones is 2. The van der Waals surface area contributed by atoms with Crippen LogP contribution in [0, 0.1) is 0 Å². The third kappa shape index (κ3) is 1.72. The van der Waals surface area contributed by atoms with Gasteiger partial charge in [0.1, 0.15) is 0 Å². The molecule has 1 atom stereocenters. The number of benzene rings is 1. The van der Waals surface area contributed by atoms with Gasteiger partial charge in [0.2, 0.25) is 0 Å². The lowest BCUT2D eigenvalue weighted by Crippen LogP contribution is -2.27. The maximum Gasteiger partial charge on any atom is 0.190 e. The molecule has 0 radical (unpaired) electrons. The maximum absolute atomic E-state index is 12.3. The van der Waals surface area contributed by atoms with E-state index in [0.29, 0.717) is 40.1 Å². The lowest BCUT2D eigenvalue weighted by Gasteiger charge is -2.26. The molecule has 0 aromatic heterocycles. The van der Waals surface area contributed by atoms with Crippen molar-refractivity contribution >= 4 is 34.8 Å². The summed E-state index contributed by atoms with van der Waals surface area (Å²) in [5.41, 5.74) is 2.11. The first-order valence-electron chi connectivity index (χ1n) is 5.83. The largest absolute Gasteiger partial charge is 0.289 e. The van der Waals surface area contributed by atoms with Crippen LogP contribution in [0.1, 0.15) is 40.0 Å². The van der Waals surface area contributed by atoms with Crippen LogP contribution in [0.3, 0.4) is 0 Å². The predicted octanol–water partition coefficient (Wildman–Crippen LogP) is 3.81. The maximum atomic E-state index is 12.3. The van der Waals surface area contributed by atoms with Gasteiger partial charge in [0.25, 0.3) is 0 Å². The fourth-order valence-corrected chi connectivity index (χ4v) is 3.04. The standard InChI is InChI=1S/C14H10Cl2O2/c15-7-1-3-9-11(5-7)14(18)10-4-2-8(16)6-12(10)13(9)17/h1,3,5,8H,2,4,6H2. The summed E-state index contributed by atoms with van der Waals surface area (Å²) >= 11 is 12.0. The Labute approximate surface area is 115 Å². The highest BCUT2D eigenvalue weighted by atomic mass is 35.5. The van der Waals surface area contributed by atoms with Crippen LogP contribution < -0.4 is 0 Å². The zero-order chi connectivity index (χ0) is 12.9. The van der Waals surface area contributed by atoms with Crippen LogP contribution in [-0.4, -0.2) is 16.9 Å². The van der Waals surface area contributed by atoms with Crippen LogP contribution in [0.5, 0.6) is 0 Å². The monoisotopic (exact) mass is 280 g/mol. The molecule has 2 aliphatic rings. The Kier molecular flexibility index (Phi) is 2.80. The Hall–Kier alpha value is -1.12. The highest BCUT2D eigenvalue weighted by Gasteiger charge is 2.35. The molecule has 0 heterocycles. The van der Waals surface area contributed by atoms with E-state index in [-0.39, 0.29) is 16.9 Å². The predicted molar refractivity (Wildman–Crippen MR) is 70.6 cm³/mol. The van der Waals surface area contributed by atoms with Gasteiger partial charge in [-0.2, -0.15) is 0 Å². The number of halogens is 2. The molecule has 0 spiro atoms. The van der Waals surface area contributed by atoms with Gasteiger partial charge in [-0.15, -0.1) is 11.6 Å². The average Bonchev–Trinajstić information content (AvgIpc) is 2.36. The third-order valence-corrected chi connectivity index (χ3v) is 4.12. The Morgan fingerprint density at radius 2 is 1.78 bits per heavy atom. The van der Waals surface area contributed by atoms with Gasteiger partial charge in [0, 0.05) is 32.7 Å². The second-order valence-electron chi connectivity index (χ2n) is 4.65. The zero-order valence-corrected chi connectivity index (χ0v) is 11.0. The van der Waals surface area contributed by atoms with Gasteiger partial charge in [-0.3, -0.25) is 9.59 Å². The molecule has 3 rings (SSSR count). The summed E-state index contributed by atoms with van der Waals surface area (Å²) in [4.78, 5) is 24.7. The van der Waals surface area contributed by atoms with Crippen LogP contribution in [0.2, 0.25) is 5.02 Å². The molecule has 0 N–H and O–H groups in total. The van der Waals surface area contributed by atoms with Crippen molar-refractivity contribution in [3.05, 3.63) is 45.5 Å². The van der Waals surface area contributed by atoms with Crippen molar-refractivity contribution in [3.8, 4) is 0 Å². The number of alkyl halides is 1. The molecule has 0 bridgehead atoms. The molecule has 2 aliphatic carbocycles. The molecule has 0 aliphatic heterocycles. The molecule has 0 saturated heterocycles. The normalized spacial score (nSPS) is 22.9. The van der Waals surface area contributed by atoms with Crippen molar-refractivity contribution < 1.29 is 9.59 Å². The fourth-order valence-electron chi connectivity index (χ4n) is 2.61. The first-order chi connectivity index (χ1) is 8.58. The van der Waals surface area contributed by atoms with E-state index < -0.39 is 0 Å². The number of hydrogen-bond acceptors (Lipinski definition) is 2. The Morgan fingerprint density at radius 3 is 2.56 bits per heavy atom. The number of hydrogen-bond donors (Lipinski definition) is 0. The van der Waals surface area contributed by atoms with E-state index in [9.17, 15) is 9.59 Å². The Morgan fingerprint density at radius 1 is 1.06 bits per heavy atom. The van der Waals surface area contributed by atoms with E-state index in [1.54, 1.807) is 18.2 Å². The van der Waals surface area contributed by atoms with Crippen molar-refractivity contribution in [1.82, 2.24) is 0 Å². The molecule has 1 unspecified atom stereocenters. The summed E-state index contributed by atoms with van der Waals surface area (Å²) < 4.78 is 0. The SMILES string of the molecule is O=C1C2=C(CC(Cl)CC2)C(=O)c2ccc(Cl)cc21. The van der Waals surface area contributed by atoms with Crippen molar-refractivity contribution in [1.29, 1.82) is 0 Å². The quantitative estimate of drug-likeness (QED) is 0.678. The fraction of sp³-hybridized carbons (Fsp3) is 0.286. The Balaban J connectivity index is 2.17. The Bertz CT molecular complexity index is 602. The summed E-state index contributed by atoms with van der Waals surface area (Å²) in [6, 6.07) is 4.84. The number of fused-ring (bicyclic) bond motifs is 1.